The minimum Gasteiger partial charge on any atom is -0.464 e. The number of pyridine rings is 1. The third-order valence-electron chi connectivity index (χ3n) is 2.60. The van der Waals surface area contributed by atoms with E-state index in [9.17, 15) is 0 Å². The SMILES string of the molecule is Cc1ccc(CN(C)c2ncc(Br)cc2CCl)o1. The Hall–Kier alpha value is -1.00. The van der Waals surface area contributed by atoms with Crippen molar-refractivity contribution in [2.24, 2.45) is 0 Å². The fourth-order valence-electron chi connectivity index (χ4n) is 1.79. The zero-order valence-corrected chi connectivity index (χ0v) is 12.6. The molecule has 96 valence electrons. The third-order valence-corrected chi connectivity index (χ3v) is 3.33. The van der Waals surface area contributed by atoms with Gasteiger partial charge in [-0.05, 0) is 41.1 Å². The lowest BCUT2D eigenvalue weighted by Crippen LogP contribution is -2.18. The van der Waals surface area contributed by atoms with Crippen LogP contribution in [0.3, 0.4) is 0 Å². The first-order valence-electron chi connectivity index (χ1n) is 5.57. The van der Waals surface area contributed by atoms with Crippen molar-refractivity contribution in [3.63, 3.8) is 0 Å². The molecule has 0 spiro atoms. The van der Waals surface area contributed by atoms with E-state index < -0.39 is 0 Å². The van der Waals surface area contributed by atoms with Crippen LogP contribution in [0.1, 0.15) is 17.1 Å². The van der Waals surface area contributed by atoms with Crippen LogP contribution >= 0.6 is 27.5 Å². The molecule has 0 saturated heterocycles. The Morgan fingerprint density at radius 2 is 2.22 bits per heavy atom. The quantitative estimate of drug-likeness (QED) is 0.790. The summed E-state index contributed by atoms with van der Waals surface area (Å²) in [6.45, 7) is 2.61. The van der Waals surface area contributed by atoms with Gasteiger partial charge in [-0.15, -0.1) is 11.6 Å². The minimum absolute atomic E-state index is 0.434. The summed E-state index contributed by atoms with van der Waals surface area (Å²) in [5, 5.41) is 0. The van der Waals surface area contributed by atoms with Crippen LogP contribution in [0.25, 0.3) is 0 Å². The normalized spacial score (nSPS) is 10.7. The van der Waals surface area contributed by atoms with E-state index in [2.05, 4.69) is 20.9 Å². The molecule has 2 rings (SSSR count). The first-order chi connectivity index (χ1) is 8.60. The summed E-state index contributed by atoms with van der Waals surface area (Å²) in [6.07, 6.45) is 1.77. The van der Waals surface area contributed by atoms with Gasteiger partial charge in [-0.3, -0.25) is 0 Å². The van der Waals surface area contributed by atoms with E-state index in [0.717, 1.165) is 27.4 Å². The highest BCUT2D eigenvalue weighted by Gasteiger charge is 2.11. The van der Waals surface area contributed by atoms with Crippen molar-refractivity contribution >= 4 is 33.3 Å². The maximum Gasteiger partial charge on any atom is 0.133 e. The molecule has 0 aliphatic rings. The molecule has 0 aromatic carbocycles. The van der Waals surface area contributed by atoms with Gasteiger partial charge in [0.05, 0.1) is 12.4 Å². The Balaban J connectivity index is 2.20. The molecule has 0 N–H and O–H groups in total. The molecule has 18 heavy (non-hydrogen) atoms. The van der Waals surface area contributed by atoms with E-state index in [1.807, 2.05) is 37.1 Å². The van der Waals surface area contributed by atoms with Crippen molar-refractivity contribution in [3.8, 4) is 0 Å². The van der Waals surface area contributed by atoms with Gasteiger partial charge in [0.15, 0.2) is 0 Å². The molecule has 2 heterocycles. The number of nitrogens with zero attached hydrogens (tertiary/aromatic N) is 2. The van der Waals surface area contributed by atoms with E-state index in [1.165, 1.54) is 0 Å². The molecule has 2 aromatic rings. The van der Waals surface area contributed by atoms with Crippen LogP contribution in [-0.2, 0) is 12.4 Å². The number of aryl methyl sites for hydroxylation is 1. The second-order valence-electron chi connectivity index (χ2n) is 4.14. The van der Waals surface area contributed by atoms with Crippen molar-refractivity contribution < 1.29 is 4.42 Å². The fourth-order valence-corrected chi connectivity index (χ4v) is 2.37. The van der Waals surface area contributed by atoms with E-state index in [-0.39, 0.29) is 0 Å². The van der Waals surface area contributed by atoms with Crippen molar-refractivity contribution in [2.45, 2.75) is 19.3 Å². The Morgan fingerprint density at radius 3 is 2.83 bits per heavy atom. The van der Waals surface area contributed by atoms with Gasteiger partial charge in [0.2, 0.25) is 0 Å². The maximum absolute atomic E-state index is 5.94. The highest BCUT2D eigenvalue weighted by molar-refractivity contribution is 9.10. The zero-order valence-electron chi connectivity index (χ0n) is 10.3. The average molecular weight is 330 g/mol. The number of anilines is 1. The molecular formula is C13H14BrClN2O. The average Bonchev–Trinajstić information content (AvgIpc) is 2.74. The predicted octanol–water partition coefficient (Wildman–Crippen LogP) is 4.12. The Bertz CT molecular complexity index is 542. The van der Waals surface area contributed by atoms with Gasteiger partial charge < -0.3 is 9.32 Å². The second-order valence-corrected chi connectivity index (χ2v) is 5.32. The summed E-state index contributed by atoms with van der Waals surface area (Å²) in [6, 6.07) is 5.92. The monoisotopic (exact) mass is 328 g/mol. The molecule has 5 heteroatoms. The van der Waals surface area contributed by atoms with Crippen LogP contribution in [0, 0.1) is 6.92 Å². The molecule has 0 atom stereocenters. The van der Waals surface area contributed by atoms with E-state index in [4.69, 9.17) is 16.0 Å². The van der Waals surface area contributed by atoms with Crippen molar-refractivity contribution in [2.75, 3.05) is 11.9 Å². The predicted molar refractivity (Wildman–Crippen MR) is 77.0 cm³/mol. The molecule has 0 bridgehead atoms. The second kappa shape index (κ2) is 5.76. The number of rotatable bonds is 4. The van der Waals surface area contributed by atoms with E-state index in [0.29, 0.717) is 12.4 Å². The summed E-state index contributed by atoms with van der Waals surface area (Å²) in [5.74, 6) is 3.14. The van der Waals surface area contributed by atoms with E-state index >= 15 is 0 Å². The fraction of sp³-hybridized carbons (Fsp3) is 0.308. The standard InChI is InChI=1S/C13H14BrClN2O/c1-9-3-4-12(18-9)8-17(2)13-10(6-15)5-11(14)7-16-13/h3-5,7H,6,8H2,1-2H3. The topological polar surface area (TPSA) is 29.3 Å². The molecular weight excluding hydrogens is 316 g/mol. The molecule has 0 unspecified atom stereocenters. The van der Waals surface area contributed by atoms with Gasteiger partial charge in [0.25, 0.3) is 0 Å². The summed E-state index contributed by atoms with van der Waals surface area (Å²) in [4.78, 5) is 6.44. The number of hydrogen-bond acceptors (Lipinski definition) is 3. The largest absolute Gasteiger partial charge is 0.464 e. The number of furan rings is 1. The van der Waals surface area contributed by atoms with Gasteiger partial charge in [0.1, 0.15) is 17.3 Å². The highest BCUT2D eigenvalue weighted by atomic mass is 79.9. The van der Waals surface area contributed by atoms with Crippen LogP contribution in [0.2, 0.25) is 0 Å². The van der Waals surface area contributed by atoms with Gasteiger partial charge in [-0.25, -0.2) is 4.98 Å². The Labute approximate surface area is 120 Å². The van der Waals surface area contributed by atoms with Crippen molar-refractivity contribution in [1.82, 2.24) is 4.98 Å². The molecule has 2 aromatic heterocycles. The van der Waals surface area contributed by atoms with Gasteiger partial charge in [-0.2, -0.15) is 0 Å². The lowest BCUT2D eigenvalue weighted by atomic mass is 10.2. The first-order valence-corrected chi connectivity index (χ1v) is 6.89. The minimum atomic E-state index is 0.434. The lowest BCUT2D eigenvalue weighted by molar-refractivity contribution is 0.481. The molecule has 3 nitrogen and oxygen atoms in total. The van der Waals surface area contributed by atoms with Crippen molar-refractivity contribution in [1.29, 1.82) is 0 Å². The van der Waals surface area contributed by atoms with E-state index in [1.54, 1.807) is 6.20 Å². The number of hydrogen-bond donors (Lipinski definition) is 0. The molecule has 0 radical (unpaired) electrons. The molecule has 0 aliphatic heterocycles. The first kappa shape index (κ1) is 13.4. The molecule has 0 amide bonds. The summed E-state index contributed by atoms with van der Waals surface area (Å²) < 4.78 is 6.50. The molecule has 0 fully saturated rings. The maximum atomic E-state index is 5.94. The third kappa shape index (κ3) is 3.06. The summed E-state index contributed by atoms with van der Waals surface area (Å²) >= 11 is 9.34. The van der Waals surface area contributed by atoms with Crippen molar-refractivity contribution in [3.05, 3.63) is 46.0 Å². The number of alkyl halides is 1. The number of halogens is 2. The van der Waals surface area contributed by atoms with Crippen LogP contribution in [-0.4, -0.2) is 12.0 Å². The highest BCUT2D eigenvalue weighted by Crippen LogP contribution is 2.23. The van der Waals surface area contributed by atoms with Crippen LogP contribution in [0.5, 0.6) is 0 Å². The van der Waals surface area contributed by atoms with Crippen LogP contribution < -0.4 is 4.90 Å². The smallest absolute Gasteiger partial charge is 0.133 e. The lowest BCUT2D eigenvalue weighted by Gasteiger charge is -2.19. The number of aromatic nitrogens is 1. The van der Waals surface area contributed by atoms with Crippen LogP contribution in [0.4, 0.5) is 5.82 Å². The Kier molecular flexibility index (Phi) is 4.30. The van der Waals surface area contributed by atoms with Gasteiger partial charge in [0, 0.05) is 23.3 Å². The summed E-state index contributed by atoms with van der Waals surface area (Å²) in [7, 11) is 1.98. The Morgan fingerprint density at radius 1 is 1.44 bits per heavy atom. The molecule has 0 aliphatic carbocycles. The summed E-state index contributed by atoms with van der Waals surface area (Å²) in [5.41, 5.74) is 0.997. The molecule has 0 saturated carbocycles. The van der Waals surface area contributed by atoms with Gasteiger partial charge in [-0.1, -0.05) is 0 Å². The van der Waals surface area contributed by atoms with Crippen LogP contribution in [0.15, 0.2) is 33.3 Å². The zero-order chi connectivity index (χ0) is 13.1. The van der Waals surface area contributed by atoms with Gasteiger partial charge >= 0.3 is 0 Å².